The molecule has 3 N–H and O–H groups in total. The number of aromatic amines is 1. The number of fused-ring (bicyclic) bond motifs is 1. The Kier molecular flexibility index (Phi) is 5.34. The van der Waals surface area contributed by atoms with E-state index in [1.165, 1.54) is 12.3 Å². The molecule has 8 heteroatoms. The predicted molar refractivity (Wildman–Crippen MR) is 102 cm³/mol. The number of H-pyrrole nitrogens is 1. The highest BCUT2D eigenvalue weighted by molar-refractivity contribution is 5.92. The second kappa shape index (κ2) is 7.43. The number of nitrogens with two attached hydrogens (primary N) is 1. The molecule has 1 unspecified atom stereocenters. The van der Waals surface area contributed by atoms with E-state index in [1.54, 1.807) is 25.3 Å². The van der Waals surface area contributed by atoms with Gasteiger partial charge in [-0.1, -0.05) is 19.9 Å². The quantitative estimate of drug-likeness (QED) is 0.633. The Morgan fingerprint density at radius 3 is 2.64 bits per heavy atom. The topological polar surface area (TPSA) is 76.8 Å². The normalized spacial score (nSPS) is 14.4. The van der Waals surface area contributed by atoms with Crippen LogP contribution in [0.15, 0.2) is 36.7 Å². The Hall–Kier alpha value is -2.61. The van der Waals surface area contributed by atoms with E-state index < -0.39 is 17.3 Å². The van der Waals surface area contributed by atoms with Crippen LogP contribution in [0.2, 0.25) is 0 Å². The van der Waals surface area contributed by atoms with Crippen LogP contribution in [0.5, 0.6) is 5.75 Å². The molecule has 2 aromatic heterocycles. The van der Waals surface area contributed by atoms with Crippen molar-refractivity contribution in [1.82, 2.24) is 15.2 Å². The van der Waals surface area contributed by atoms with Crippen molar-refractivity contribution in [3.05, 3.63) is 42.2 Å². The van der Waals surface area contributed by atoms with Gasteiger partial charge in [0.15, 0.2) is 5.65 Å². The molecular formula is C20H23F3N4O. The zero-order valence-electron chi connectivity index (χ0n) is 16.0. The average Bonchev–Trinajstić information content (AvgIpc) is 3.06. The highest BCUT2D eigenvalue weighted by Crippen LogP contribution is 2.40. The summed E-state index contributed by atoms with van der Waals surface area (Å²) >= 11 is 0. The Bertz CT molecular complexity index is 963. The molecule has 0 aliphatic carbocycles. The summed E-state index contributed by atoms with van der Waals surface area (Å²) in [6.07, 6.45) is -0.848. The molecule has 1 atom stereocenters. The SMILES string of the molecule is CC(C)CC(C)(N)COc1ccc(-c2ccnc3[nH]ncc23)cc1C(F)(F)F. The van der Waals surface area contributed by atoms with Crippen LogP contribution in [0.1, 0.15) is 32.8 Å². The van der Waals surface area contributed by atoms with E-state index >= 15 is 0 Å². The molecule has 28 heavy (non-hydrogen) atoms. The van der Waals surface area contributed by atoms with Gasteiger partial charge in [0.2, 0.25) is 0 Å². The number of nitrogens with zero attached hydrogens (tertiary/aromatic N) is 2. The molecule has 3 rings (SSSR count). The molecule has 0 saturated heterocycles. The van der Waals surface area contributed by atoms with E-state index in [-0.39, 0.29) is 12.4 Å². The standard InChI is InChI=1S/C20H23F3N4O/c1-12(2)9-19(3,24)11-28-17-5-4-13(8-16(17)20(21,22)23)14-6-7-25-18-15(14)10-26-27-18/h4-8,10,12H,9,11,24H2,1-3H3,(H,25,26,27). The van der Waals surface area contributed by atoms with Crippen molar-refractivity contribution in [3.8, 4) is 16.9 Å². The van der Waals surface area contributed by atoms with Crippen LogP contribution in [0, 0.1) is 5.92 Å². The van der Waals surface area contributed by atoms with Crippen LogP contribution < -0.4 is 10.5 Å². The largest absolute Gasteiger partial charge is 0.491 e. The first kappa shape index (κ1) is 20.1. The maximum atomic E-state index is 13.7. The van der Waals surface area contributed by atoms with Gasteiger partial charge in [0.05, 0.1) is 11.8 Å². The molecule has 0 bridgehead atoms. The van der Waals surface area contributed by atoms with Gasteiger partial charge in [0.1, 0.15) is 12.4 Å². The number of nitrogens with one attached hydrogen (secondary N) is 1. The van der Waals surface area contributed by atoms with Crippen molar-refractivity contribution in [3.63, 3.8) is 0 Å². The highest BCUT2D eigenvalue weighted by Gasteiger charge is 2.35. The van der Waals surface area contributed by atoms with Crippen LogP contribution in [-0.2, 0) is 6.18 Å². The van der Waals surface area contributed by atoms with E-state index in [0.717, 1.165) is 6.07 Å². The summed E-state index contributed by atoms with van der Waals surface area (Å²) in [5, 5.41) is 7.27. The molecule has 0 aliphatic rings. The van der Waals surface area contributed by atoms with E-state index in [1.807, 2.05) is 13.8 Å². The smallest absolute Gasteiger partial charge is 0.419 e. The third-order valence-corrected chi connectivity index (χ3v) is 4.38. The zero-order valence-corrected chi connectivity index (χ0v) is 16.0. The van der Waals surface area contributed by atoms with Gasteiger partial charge < -0.3 is 10.5 Å². The lowest BCUT2D eigenvalue weighted by Crippen LogP contribution is -2.43. The molecular weight excluding hydrogens is 369 g/mol. The van der Waals surface area contributed by atoms with Gasteiger partial charge in [-0.2, -0.15) is 18.3 Å². The molecule has 0 aliphatic heterocycles. The third-order valence-electron chi connectivity index (χ3n) is 4.38. The van der Waals surface area contributed by atoms with Gasteiger partial charge in [-0.25, -0.2) is 4.98 Å². The monoisotopic (exact) mass is 392 g/mol. The zero-order chi connectivity index (χ0) is 20.5. The Morgan fingerprint density at radius 1 is 1.21 bits per heavy atom. The van der Waals surface area contributed by atoms with Crippen LogP contribution in [0.25, 0.3) is 22.2 Å². The number of hydrogen-bond acceptors (Lipinski definition) is 4. The lowest BCUT2D eigenvalue weighted by atomic mass is 9.93. The van der Waals surface area contributed by atoms with Gasteiger partial charge in [-0.3, -0.25) is 5.10 Å². The number of ether oxygens (including phenoxy) is 1. The second-order valence-electron chi connectivity index (χ2n) is 7.74. The van der Waals surface area contributed by atoms with Gasteiger partial charge in [0.25, 0.3) is 0 Å². The van der Waals surface area contributed by atoms with Crippen LogP contribution in [-0.4, -0.2) is 27.3 Å². The van der Waals surface area contributed by atoms with Crippen LogP contribution >= 0.6 is 0 Å². The summed E-state index contributed by atoms with van der Waals surface area (Å²) in [6.45, 7) is 5.79. The molecule has 150 valence electrons. The van der Waals surface area contributed by atoms with Crippen molar-refractivity contribution >= 4 is 11.0 Å². The number of hydrogen-bond donors (Lipinski definition) is 2. The van der Waals surface area contributed by atoms with E-state index in [2.05, 4.69) is 15.2 Å². The van der Waals surface area contributed by atoms with E-state index in [0.29, 0.717) is 34.5 Å². The molecule has 0 radical (unpaired) electrons. The van der Waals surface area contributed by atoms with Gasteiger partial charge in [-0.15, -0.1) is 0 Å². The highest BCUT2D eigenvalue weighted by atomic mass is 19.4. The Morgan fingerprint density at radius 2 is 1.96 bits per heavy atom. The number of halogens is 3. The Labute approximate surface area is 161 Å². The van der Waals surface area contributed by atoms with Crippen LogP contribution in [0.3, 0.4) is 0 Å². The summed E-state index contributed by atoms with van der Waals surface area (Å²) < 4.78 is 46.6. The van der Waals surface area contributed by atoms with Gasteiger partial charge in [0, 0.05) is 17.1 Å². The summed E-state index contributed by atoms with van der Waals surface area (Å²) in [4.78, 5) is 4.12. The fourth-order valence-electron chi connectivity index (χ4n) is 3.38. The molecule has 1 aromatic carbocycles. The number of alkyl halides is 3. The number of pyridine rings is 1. The first-order chi connectivity index (χ1) is 13.1. The van der Waals surface area contributed by atoms with Crippen molar-refractivity contribution in [2.45, 2.75) is 38.9 Å². The van der Waals surface area contributed by atoms with Crippen molar-refractivity contribution in [2.75, 3.05) is 6.61 Å². The minimum Gasteiger partial charge on any atom is -0.491 e. The van der Waals surface area contributed by atoms with Crippen molar-refractivity contribution in [1.29, 1.82) is 0 Å². The first-order valence-electron chi connectivity index (χ1n) is 8.98. The Balaban J connectivity index is 1.96. The van der Waals surface area contributed by atoms with Crippen LogP contribution in [0.4, 0.5) is 13.2 Å². The maximum absolute atomic E-state index is 13.7. The number of benzene rings is 1. The molecule has 5 nitrogen and oxygen atoms in total. The molecule has 0 spiro atoms. The number of aromatic nitrogens is 3. The summed E-state index contributed by atoms with van der Waals surface area (Å²) in [5.74, 6) is 0.0845. The van der Waals surface area contributed by atoms with Crippen molar-refractivity contribution in [2.24, 2.45) is 11.7 Å². The molecule has 2 heterocycles. The summed E-state index contributed by atoms with van der Waals surface area (Å²) in [5.41, 5.74) is 6.15. The first-order valence-corrected chi connectivity index (χ1v) is 8.98. The summed E-state index contributed by atoms with van der Waals surface area (Å²) in [7, 11) is 0. The maximum Gasteiger partial charge on any atom is 0.419 e. The average molecular weight is 392 g/mol. The van der Waals surface area contributed by atoms with Crippen molar-refractivity contribution < 1.29 is 17.9 Å². The lowest BCUT2D eigenvalue weighted by Gasteiger charge is -2.27. The summed E-state index contributed by atoms with van der Waals surface area (Å²) in [6, 6.07) is 5.69. The molecule has 3 aromatic rings. The minimum atomic E-state index is -4.56. The fourth-order valence-corrected chi connectivity index (χ4v) is 3.38. The number of rotatable bonds is 6. The lowest BCUT2D eigenvalue weighted by molar-refractivity contribution is -0.139. The fraction of sp³-hybridized carbons (Fsp3) is 0.400. The third kappa shape index (κ3) is 4.44. The van der Waals surface area contributed by atoms with E-state index in [9.17, 15) is 13.2 Å². The molecule has 0 fully saturated rings. The minimum absolute atomic E-state index is 0.00512. The molecule has 0 amide bonds. The van der Waals surface area contributed by atoms with E-state index in [4.69, 9.17) is 10.5 Å². The predicted octanol–water partition coefficient (Wildman–Crippen LogP) is 4.79. The van der Waals surface area contributed by atoms with Gasteiger partial charge >= 0.3 is 6.18 Å². The molecule has 0 saturated carbocycles. The van der Waals surface area contributed by atoms with Gasteiger partial charge in [-0.05, 0) is 48.6 Å². The second-order valence-corrected chi connectivity index (χ2v) is 7.74.